The van der Waals surface area contributed by atoms with Gasteiger partial charge in [-0.15, -0.1) is 0 Å². The lowest BCUT2D eigenvalue weighted by molar-refractivity contribution is -0.123. The minimum Gasteiger partial charge on any atom is -0.452 e. The van der Waals surface area contributed by atoms with Gasteiger partial charge in [0.05, 0.1) is 16.8 Å². The normalized spacial score (nSPS) is 13.6. The van der Waals surface area contributed by atoms with Gasteiger partial charge in [0.15, 0.2) is 6.61 Å². The van der Waals surface area contributed by atoms with Crippen molar-refractivity contribution in [2.75, 3.05) is 13.2 Å². The summed E-state index contributed by atoms with van der Waals surface area (Å²) in [6.07, 6.45) is 3.50. The first-order valence-corrected chi connectivity index (χ1v) is 10.5. The van der Waals surface area contributed by atoms with Gasteiger partial charge in [-0.05, 0) is 48.6 Å². The van der Waals surface area contributed by atoms with Crippen LogP contribution in [-0.4, -0.2) is 36.0 Å². The van der Waals surface area contributed by atoms with E-state index in [4.69, 9.17) is 9.72 Å². The molecule has 4 rings (SSSR count). The number of aromatic nitrogens is 1. The number of pyridine rings is 1. The highest BCUT2D eigenvalue weighted by atomic mass is 16.5. The molecule has 2 aromatic carbocycles. The molecule has 1 aliphatic rings. The molecule has 1 aromatic heterocycles. The summed E-state index contributed by atoms with van der Waals surface area (Å²) in [5.74, 6) is -1.30. The standard InChI is InChI=1S/C25H23N3O4/c1-2-26-25(31)28-21(29)15-32-24(30)22-18-10-6-7-11-20(18)27-23-17(12-13-19(22)23)14-16-8-4-3-5-9-16/h3-11,14H,2,12-13,15H2,1H3,(H2,26,28,29,31). The van der Waals surface area contributed by atoms with E-state index in [9.17, 15) is 14.4 Å². The van der Waals surface area contributed by atoms with Gasteiger partial charge in [0.2, 0.25) is 0 Å². The van der Waals surface area contributed by atoms with Crippen molar-refractivity contribution in [1.29, 1.82) is 0 Å². The average molecular weight is 429 g/mol. The number of ether oxygens (including phenoxy) is 1. The lowest BCUT2D eigenvalue weighted by Gasteiger charge is -2.12. The minimum absolute atomic E-state index is 0.382. The van der Waals surface area contributed by atoms with Crippen LogP contribution in [0.25, 0.3) is 22.6 Å². The minimum atomic E-state index is -0.691. The smallest absolute Gasteiger partial charge is 0.339 e. The molecule has 0 atom stereocenters. The second kappa shape index (κ2) is 9.43. The number of imide groups is 1. The molecule has 0 bridgehead atoms. The Morgan fingerprint density at radius 1 is 1.03 bits per heavy atom. The van der Waals surface area contributed by atoms with Crippen LogP contribution in [0.5, 0.6) is 0 Å². The number of rotatable bonds is 5. The van der Waals surface area contributed by atoms with Crippen LogP contribution in [0, 0.1) is 0 Å². The third-order valence-electron chi connectivity index (χ3n) is 5.21. The zero-order valence-electron chi connectivity index (χ0n) is 17.7. The molecule has 3 amide bonds. The Kier molecular flexibility index (Phi) is 6.26. The lowest BCUT2D eigenvalue weighted by atomic mass is 10.0. The largest absolute Gasteiger partial charge is 0.452 e. The number of nitrogens with zero attached hydrogens (tertiary/aromatic N) is 1. The number of nitrogens with one attached hydrogen (secondary N) is 2. The number of para-hydroxylation sites is 1. The van der Waals surface area contributed by atoms with Crippen LogP contribution in [-0.2, 0) is 16.0 Å². The first-order chi connectivity index (χ1) is 15.6. The number of carbonyl (C=O) groups excluding carboxylic acids is 3. The average Bonchev–Trinajstić information content (AvgIpc) is 3.18. The fraction of sp³-hybridized carbons (Fsp3) is 0.200. The van der Waals surface area contributed by atoms with E-state index in [1.807, 2.05) is 54.6 Å². The van der Waals surface area contributed by atoms with Gasteiger partial charge >= 0.3 is 12.0 Å². The van der Waals surface area contributed by atoms with E-state index in [2.05, 4.69) is 16.7 Å². The molecule has 0 saturated heterocycles. The molecular formula is C25H23N3O4. The molecule has 1 heterocycles. The Morgan fingerprint density at radius 3 is 2.56 bits per heavy atom. The monoisotopic (exact) mass is 429 g/mol. The zero-order chi connectivity index (χ0) is 22.5. The second-order valence-electron chi connectivity index (χ2n) is 7.40. The van der Waals surface area contributed by atoms with Gasteiger partial charge < -0.3 is 10.1 Å². The molecule has 0 radical (unpaired) electrons. The number of hydrogen-bond acceptors (Lipinski definition) is 5. The quantitative estimate of drug-likeness (QED) is 0.603. The van der Waals surface area contributed by atoms with Gasteiger partial charge in [-0.2, -0.15) is 0 Å². The Labute approximate surface area is 185 Å². The first-order valence-electron chi connectivity index (χ1n) is 10.5. The molecule has 7 nitrogen and oxygen atoms in total. The van der Waals surface area contributed by atoms with Crippen LogP contribution in [0.3, 0.4) is 0 Å². The molecule has 162 valence electrons. The highest BCUT2D eigenvalue weighted by Gasteiger charge is 2.28. The van der Waals surface area contributed by atoms with Crippen LogP contribution in [0.1, 0.15) is 40.5 Å². The molecule has 7 heteroatoms. The summed E-state index contributed by atoms with van der Waals surface area (Å²) in [6.45, 7) is 1.57. The van der Waals surface area contributed by atoms with Crippen molar-refractivity contribution < 1.29 is 19.1 Å². The van der Waals surface area contributed by atoms with E-state index < -0.39 is 24.5 Å². The maximum atomic E-state index is 13.0. The lowest BCUT2D eigenvalue weighted by Crippen LogP contribution is -2.41. The van der Waals surface area contributed by atoms with E-state index >= 15 is 0 Å². The second-order valence-corrected chi connectivity index (χ2v) is 7.40. The predicted molar refractivity (Wildman–Crippen MR) is 122 cm³/mol. The zero-order valence-corrected chi connectivity index (χ0v) is 17.7. The Hall–Kier alpha value is -4.00. The Balaban J connectivity index is 1.65. The van der Waals surface area contributed by atoms with Crippen molar-refractivity contribution in [1.82, 2.24) is 15.6 Å². The fourth-order valence-corrected chi connectivity index (χ4v) is 3.83. The van der Waals surface area contributed by atoms with E-state index in [-0.39, 0.29) is 0 Å². The van der Waals surface area contributed by atoms with Gasteiger partial charge in [0.1, 0.15) is 0 Å². The topological polar surface area (TPSA) is 97.4 Å². The number of benzene rings is 2. The van der Waals surface area contributed by atoms with Crippen molar-refractivity contribution >= 4 is 40.5 Å². The molecule has 2 N–H and O–H groups in total. The van der Waals surface area contributed by atoms with Gasteiger partial charge in [0, 0.05) is 11.9 Å². The van der Waals surface area contributed by atoms with E-state index in [1.165, 1.54) is 0 Å². The molecule has 3 aromatic rings. The molecule has 0 unspecified atom stereocenters. The summed E-state index contributed by atoms with van der Waals surface area (Å²) in [4.78, 5) is 41.3. The van der Waals surface area contributed by atoms with Crippen LogP contribution in [0.2, 0.25) is 0 Å². The third kappa shape index (κ3) is 4.51. The van der Waals surface area contributed by atoms with Gasteiger partial charge in [-0.3, -0.25) is 10.1 Å². The highest BCUT2D eigenvalue weighted by Crippen LogP contribution is 2.37. The molecule has 0 fully saturated rings. The Bertz CT molecular complexity index is 1220. The van der Waals surface area contributed by atoms with Crippen molar-refractivity contribution in [3.8, 4) is 0 Å². The van der Waals surface area contributed by atoms with Crippen molar-refractivity contribution in [3.63, 3.8) is 0 Å². The predicted octanol–water partition coefficient (Wildman–Crippen LogP) is 3.72. The maximum Gasteiger partial charge on any atom is 0.339 e. The first kappa shape index (κ1) is 21.2. The summed E-state index contributed by atoms with van der Waals surface area (Å²) < 4.78 is 5.28. The molecule has 32 heavy (non-hydrogen) atoms. The Morgan fingerprint density at radius 2 is 1.78 bits per heavy atom. The number of carbonyl (C=O) groups is 3. The number of amides is 3. The molecule has 0 aliphatic heterocycles. The van der Waals surface area contributed by atoms with Gasteiger partial charge in [0.25, 0.3) is 5.91 Å². The number of allylic oxidation sites excluding steroid dienone is 1. The van der Waals surface area contributed by atoms with E-state index in [0.29, 0.717) is 29.4 Å². The number of hydrogen-bond donors (Lipinski definition) is 2. The number of urea groups is 1. The van der Waals surface area contributed by atoms with Crippen molar-refractivity contribution in [2.45, 2.75) is 19.8 Å². The summed E-state index contributed by atoms with van der Waals surface area (Å²) in [7, 11) is 0. The number of fused-ring (bicyclic) bond motifs is 2. The van der Waals surface area contributed by atoms with Gasteiger partial charge in [-0.25, -0.2) is 14.6 Å². The highest BCUT2D eigenvalue weighted by molar-refractivity contribution is 6.08. The van der Waals surface area contributed by atoms with Crippen LogP contribution < -0.4 is 10.6 Å². The molecule has 0 spiro atoms. The summed E-state index contributed by atoms with van der Waals surface area (Å²) in [5, 5.41) is 5.26. The summed E-state index contributed by atoms with van der Waals surface area (Å²) >= 11 is 0. The maximum absolute atomic E-state index is 13.0. The van der Waals surface area contributed by atoms with Crippen molar-refractivity contribution in [2.24, 2.45) is 0 Å². The molecule has 0 saturated carbocycles. The van der Waals surface area contributed by atoms with E-state index in [1.54, 1.807) is 6.92 Å². The third-order valence-corrected chi connectivity index (χ3v) is 5.21. The van der Waals surface area contributed by atoms with Crippen LogP contribution in [0.15, 0.2) is 54.6 Å². The van der Waals surface area contributed by atoms with Crippen LogP contribution in [0.4, 0.5) is 4.79 Å². The van der Waals surface area contributed by atoms with E-state index in [0.717, 1.165) is 28.8 Å². The van der Waals surface area contributed by atoms with Crippen LogP contribution >= 0.6 is 0 Å². The number of esters is 1. The summed E-state index contributed by atoms with van der Waals surface area (Å²) in [5.41, 5.74) is 4.83. The summed E-state index contributed by atoms with van der Waals surface area (Å²) in [6, 6.07) is 16.7. The molecule has 1 aliphatic carbocycles. The van der Waals surface area contributed by atoms with Gasteiger partial charge in [-0.1, -0.05) is 48.5 Å². The molecular weight excluding hydrogens is 406 g/mol. The van der Waals surface area contributed by atoms with Crippen molar-refractivity contribution in [3.05, 3.63) is 77.0 Å². The fourth-order valence-electron chi connectivity index (χ4n) is 3.83. The SMILES string of the molecule is CCNC(=O)NC(=O)COC(=O)c1c2c(nc3ccccc13)C(=Cc1ccccc1)CC2.